The molecule has 0 aliphatic rings. The van der Waals surface area contributed by atoms with Crippen molar-refractivity contribution in [3.63, 3.8) is 0 Å². The Morgan fingerprint density at radius 3 is 2.67 bits per heavy atom. The molecule has 1 N–H and O–H groups in total. The van der Waals surface area contributed by atoms with Crippen LogP contribution in [-0.4, -0.2) is 21.0 Å². The first-order valence-electron chi connectivity index (χ1n) is 5.38. The molecule has 18 heavy (non-hydrogen) atoms. The second kappa shape index (κ2) is 5.18. The normalized spacial score (nSPS) is 10.3. The Hall–Kier alpha value is -1.88. The Morgan fingerprint density at radius 2 is 2.00 bits per heavy atom. The van der Waals surface area contributed by atoms with Gasteiger partial charge < -0.3 is 5.11 Å². The number of aromatic nitrogens is 2. The summed E-state index contributed by atoms with van der Waals surface area (Å²) in [5.41, 5.74) is 2.42. The van der Waals surface area contributed by atoms with Gasteiger partial charge in [0.2, 0.25) is 0 Å². The van der Waals surface area contributed by atoms with Crippen molar-refractivity contribution in [2.24, 2.45) is 0 Å². The molecule has 0 bridgehead atoms. The zero-order valence-corrected chi connectivity index (χ0v) is 10.9. The van der Waals surface area contributed by atoms with Gasteiger partial charge in [-0.1, -0.05) is 6.07 Å². The van der Waals surface area contributed by atoms with E-state index in [1.807, 2.05) is 32.0 Å². The lowest BCUT2D eigenvalue weighted by molar-refractivity contribution is 0.0689. The van der Waals surface area contributed by atoms with Gasteiger partial charge in [-0.25, -0.2) is 14.8 Å². The Morgan fingerprint density at radius 1 is 1.22 bits per heavy atom. The monoisotopic (exact) mass is 260 g/mol. The van der Waals surface area contributed by atoms with Gasteiger partial charge in [-0.2, -0.15) is 0 Å². The van der Waals surface area contributed by atoms with Crippen LogP contribution in [0, 0.1) is 13.8 Å². The molecule has 1 aromatic heterocycles. The molecule has 0 amide bonds. The topological polar surface area (TPSA) is 63.1 Å². The maximum Gasteiger partial charge on any atom is 0.354 e. The summed E-state index contributed by atoms with van der Waals surface area (Å²) >= 11 is 1.36. The van der Waals surface area contributed by atoms with Crippen molar-refractivity contribution in [2.45, 2.75) is 23.9 Å². The minimum atomic E-state index is -1.04. The summed E-state index contributed by atoms with van der Waals surface area (Å²) in [7, 11) is 0. The zero-order valence-electron chi connectivity index (χ0n) is 10.0. The lowest BCUT2D eigenvalue weighted by atomic mass is 10.1. The fraction of sp³-hybridized carbons (Fsp3) is 0.154. The van der Waals surface area contributed by atoms with Gasteiger partial charge in [0.05, 0.1) is 0 Å². The molecule has 2 aromatic rings. The Balaban J connectivity index is 2.25. The molecule has 0 radical (unpaired) electrons. The molecule has 0 aliphatic heterocycles. The van der Waals surface area contributed by atoms with Crippen LogP contribution in [0.5, 0.6) is 0 Å². The van der Waals surface area contributed by atoms with E-state index in [-0.39, 0.29) is 5.69 Å². The number of benzene rings is 1. The highest BCUT2D eigenvalue weighted by Gasteiger charge is 2.07. The average molecular weight is 260 g/mol. The van der Waals surface area contributed by atoms with E-state index in [0.717, 1.165) is 4.90 Å². The number of carboxylic acid groups (broad SMARTS) is 1. The lowest BCUT2D eigenvalue weighted by Crippen LogP contribution is -2.01. The first-order chi connectivity index (χ1) is 8.56. The van der Waals surface area contributed by atoms with E-state index in [2.05, 4.69) is 9.97 Å². The number of nitrogens with zero attached hydrogens (tertiary/aromatic N) is 2. The largest absolute Gasteiger partial charge is 0.477 e. The Kier molecular flexibility index (Phi) is 3.62. The molecule has 1 aromatic carbocycles. The van der Waals surface area contributed by atoms with E-state index in [4.69, 9.17) is 5.11 Å². The quantitative estimate of drug-likeness (QED) is 0.860. The van der Waals surface area contributed by atoms with Crippen LogP contribution in [-0.2, 0) is 0 Å². The molecule has 5 heteroatoms. The van der Waals surface area contributed by atoms with Gasteiger partial charge in [-0.15, -0.1) is 0 Å². The molecule has 0 saturated carbocycles. The molecular formula is C13H12N2O2S. The highest BCUT2D eigenvalue weighted by Crippen LogP contribution is 2.26. The van der Waals surface area contributed by atoms with Gasteiger partial charge in [0.15, 0.2) is 10.9 Å². The second-order valence-corrected chi connectivity index (χ2v) is 4.92. The fourth-order valence-electron chi connectivity index (χ4n) is 1.39. The highest BCUT2D eigenvalue weighted by molar-refractivity contribution is 7.99. The maximum absolute atomic E-state index is 10.8. The number of carboxylic acids is 1. The van der Waals surface area contributed by atoms with Crippen LogP contribution >= 0.6 is 11.8 Å². The van der Waals surface area contributed by atoms with E-state index >= 15 is 0 Å². The molecule has 0 unspecified atom stereocenters. The summed E-state index contributed by atoms with van der Waals surface area (Å²) in [6, 6.07) is 7.42. The summed E-state index contributed by atoms with van der Waals surface area (Å²) in [5, 5.41) is 9.30. The van der Waals surface area contributed by atoms with Crippen LogP contribution in [0.3, 0.4) is 0 Å². The SMILES string of the molecule is Cc1ccc(Sc2nccc(C(=O)O)n2)cc1C. The molecule has 0 spiro atoms. The van der Waals surface area contributed by atoms with Gasteiger partial charge in [0.1, 0.15) is 0 Å². The number of hydrogen-bond acceptors (Lipinski definition) is 4. The summed E-state index contributed by atoms with van der Waals surface area (Å²) < 4.78 is 0. The average Bonchev–Trinajstić information content (AvgIpc) is 2.34. The van der Waals surface area contributed by atoms with E-state index in [9.17, 15) is 4.79 Å². The number of rotatable bonds is 3. The predicted octanol–water partition coefficient (Wildman–Crippen LogP) is 2.94. The van der Waals surface area contributed by atoms with E-state index in [0.29, 0.717) is 5.16 Å². The zero-order chi connectivity index (χ0) is 13.1. The van der Waals surface area contributed by atoms with Gasteiger partial charge in [0.25, 0.3) is 0 Å². The molecule has 2 rings (SSSR count). The molecule has 1 heterocycles. The number of aryl methyl sites for hydroxylation is 2. The summed E-state index contributed by atoms with van der Waals surface area (Å²) in [6.07, 6.45) is 1.46. The molecular weight excluding hydrogens is 248 g/mol. The van der Waals surface area contributed by atoms with Crippen molar-refractivity contribution < 1.29 is 9.90 Å². The van der Waals surface area contributed by atoms with Crippen molar-refractivity contribution in [3.05, 3.63) is 47.3 Å². The lowest BCUT2D eigenvalue weighted by Gasteiger charge is -2.04. The Bertz CT molecular complexity index is 599. The van der Waals surface area contributed by atoms with Gasteiger partial charge in [0, 0.05) is 11.1 Å². The van der Waals surface area contributed by atoms with Crippen LogP contribution in [0.4, 0.5) is 0 Å². The number of carbonyl (C=O) groups is 1. The molecule has 0 fully saturated rings. The van der Waals surface area contributed by atoms with Crippen LogP contribution in [0.25, 0.3) is 0 Å². The molecule has 4 nitrogen and oxygen atoms in total. The van der Waals surface area contributed by atoms with Crippen LogP contribution in [0.2, 0.25) is 0 Å². The minimum Gasteiger partial charge on any atom is -0.477 e. The minimum absolute atomic E-state index is 0.0105. The van der Waals surface area contributed by atoms with E-state index in [1.54, 1.807) is 0 Å². The first kappa shape index (κ1) is 12.6. The third-order valence-corrected chi connectivity index (χ3v) is 3.41. The third kappa shape index (κ3) is 2.87. The van der Waals surface area contributed by atoms with Crippen LogP contribution in [0.15, 0.2) is 40.5 Å². The number of aromatic carboxylic acids is 1. The van der Waals surface area contributed by atoms with Gasteiger partial charge in [-0.05, 0) is 54.9 Å². The molecule has 0 saturated heterocycles. The maximum atomic E-state index is 10.8. The van der Waals surface area contributed by atoms with Crippen LogP contribution < -0.4 is 0 Å². The predicted molar refractivity (Wildman–Crippen MR) is 69.0 cm³/mol. The smallest absolute Gasteiger partial charge is 0.354 e. The standard InChI is InChI=1S/C13H12N2O2S/c1-8-3-4-10(7-9(8)2)18-13-14-6-5-11(15-13)12(16)17/h3-7H,1-2H3,(H,16,17). The van der Waals surface area contributed by atoms with Crippen LogP contribution in [0.1, 0.15) is 21.6 Å². The summed E-state index contributed by atoms with van der Waals surface area (Å²) in [5.74, 6) is -1.04. The van der Waals surface area contributed by atoms with E-state index < -0.39 is 5.97 Å². The molecule has 0 atom stereocenters. The van der Waals surface area contributed by atoms with Gasteiger partial charge >= 0.3 is 5.97 Å². The van der Waals surface area contributed by atoms with Crippen molar-refractivity contribution in [2.75, 3.05) is 0 Å². The van der Waals surface area contributed by atoms with Crippen molar-refractivity contribution in [1.29, 1.82) is 0 Å². The summed E-state index contributed by atoms with van der Waals surface area (Å²) in [4.78, 5) is 19.8. The van der Waals surface area contributed by atoms with Crippen molar-refractivity contribution in [3.8, 4) is 0 Å². The van der Waals surface area contributed by atoms with Crippen molar-refractivity contribution in [1.82, 2.24) is 9.97 Å². The summed E-state index contributed by atoms with van der Waals surface area (Å²) in [6.45, 7) is 4.08. The Labute approximate surface area is 109 Å². The van der Waals surface area contributed by atoms with Gasteiger partial charge in [-0.3, -0.25) is 0 Å². The first-order valence-corrected chi connectivity index (χ1v) is 6.19. The molecule has 92 valence electrons. The fourth-order valence-corrected chi connectivity index (χ4v) is 2.23. The van der Waals surface area contributed by atoms with Crippen molar-refractivity contribution >= 4 is 17.7 Å². The third-order valence-electron chi connectivity index (χ3n) is 2.54. The number of hydrogen-bond donors (Lipinski definition) is 1. The highest BCUT2D eigenvalue weighted by atomic mass is 32.2. The second-order valence-electron chi connectivity index (χ2n) is 3.88. The molecule has 0 aliphatic carbocycles. The van der Waals surface area contributed by atoms with E-state index in [1.165, 1.54) is 35.2 Å².